The van der Waals surface area contributed by atoms with Crippen molar-refractivity contribution in [1.29, 1.82) is 0 Å². The number of fused-ring (bicyclic) bond motifs is 1. The summed E-state index contributed by atoms with van der Waals surface area (Å²) in [6.07, 6.45) is 4.15. The topological polar surface area (TPSA) is 85.2 Å². The summed E-state index contributed by atoms with van der Waals surface area (Å²) in [5.74, 6) is -0.312. The fourth-order valence-electron chi connectivity index (χ4n) is 1.93. The molecular formula is C14H11N3O3S. The summed E-state index contributed by atoms with van der Waals surface area (Å²) in [7, 11) is 0. The molecule has 3 rings (SSSR count). The van der Waals surface area contributed by atoms with E-state index in [1.807, 2.05) is 13.8 Å². The number of aromatic carboxylic acids is 1. The van der Waals surface area contributed by atoms with Gasteiger partial charge in [0.15, 0.2) is 0 Å². The van der Waals surface area contributed by atoms with Gasteiger partial charge >= 0.3 is 5.97 Å². The third kappa shape index (κ3) is 2.43. The molecule has 3 aromatic rings. The van der Waals surface area contributed by atoms with E-state index in [1.165, 1.54) is 24.8 Å². The molecule has 21 heavy (non-hydrogen) atoms. The maximum absolute atomic E-state index is 11.0. The number of carboxylic acids is 1. The van der Waals surface area contributed by atoms with Crippen LogP contribution in [0, 0.1) is 13.8 Å². The van der Waals surface area contributed by atoms with Crippen LogP contribution >= 0.6 is 11.3 Å². The minimum Gasteiger partial charge on any atom is -0.478 e. The highest BCUT2D eigenvalue weighted by Crippen LogP contribution is 2.35. The number of ether oxygens (including phenoxy) is 1. The molecule has 0 saturated carbocycles. The molecule has 0 unspecified atom stereocenters. The highest BCUT2D eigenvalue weighted by Gasteiger charge is 2.14. The van der Waals surface area contributed by atoms with Crippen molar-refractivity contribution >= 4 is 27.5 Å². The standard InChI is InChI=1S/C14H11N3O3S/c1-7-8(2)21-13-11(7)12(16-6-17-13)20-10-3-9(14(18)19)4-15-5-10/h3-6H,1-2H3,(H,18,19). The Hall–Kier alpha value is -2.54. The summed E-state index contributed by atoms with van der Waals surface area (Å²) in [6.45, 7) is 3.99. The van der Waals surface area contributed by atoms with Crippen LogP contribution in [0.1, 0.15) is 20.8 Å². The van der Waals surface area contributed by atoms with E-state index in [2.05, 4.69) is 15.0 Å². The van der Waals surface area contributed by atoms with Gasteiger partial charge in [-0.05, 0) is 25.5 Å². The predicted octanol–water partition coefficient (Wildman–Crippen LogP) is 3.19. The Bertz CT molecular complexity index is 845. The molecule has 0 saturated heterocycles. The summed E-state index contributed by atoms with van der Waals surface area (Å²) in [5.41, 5.74) is 1.13. The van der Waals surface area contributed by atoms with Crippen LogP contribution in [0.5, 0.6) is 11.6 Å². The number of carbonyl (C=O) groups is 1. The molecule has 3 aromatic heterocycles. The van der Waals surface area contributed by atoms with Crippen LogP contribution in [-0.2, 0) is 0 Å². The van der Waals surface area contributed by atoms with E-state index in [0.717, 1.165) is 20.7 Å². The number of hydrogen-bond donors (Lipinski definition) is 1. The number of hydrogen-bond acceptors (Lipinski definition) is 6. The molecule has 1 N–H and O–H groups in total. The number of aryl methyl sites for hydroxylation is 2. The Morgan fingerprint density at radius 1 is 1.29 bits per heavy atom. The summed E-state index contributed by atoms with van der Waals surface area (Å²) in [5, 5.41) is 9.82. The van der Waals surface area contributed by atoms with E-state index in [9.17, 15) is 4.79 Å². The summed E-state index contributed by atoms with van der Waals surface area (Å²) < 4.78 is 5.71. The average Bonchev–Trinajstić information content (AvgIpc) is 2.75. The van der Waals surface area contributed by atoms with Crippen LogP contribution in [0.2, 0.25) is 0 Å². The first-order valence-corrected chi connectivity index (χ1v) is 6.95. The van der Waals surface area contributed by atoms with Gasteiger partial charge in [0.2, 0.25) is 5.88 Å². The van der Waals surface area contributed by atoms with Gasteiger partial charge in [-0.3, -0.25) is 4.98 Å². The van der Waals surface area contributed by atoms with Crippen molar-refractivity contribution in [2.75, 3.05) is 0 Å². The molecular weight excluding hydrogens is 290 g/mol. The number of thiophene rings is 1. The quantitative estimate of drug-likeness (QED) is 0.799. The molecule has 0 aliphatic carbocycles. The lowest BCUT2D eigenvalue weighted by atomic mass is 10.2. The lowest BCUT2D eigenvalue weighted by Crippen LogP contribution is -1.98. The molecule has 0 aromatic carbocycles. The third-order valence-electron chi connectivity index (χ3n) is 3.11. The number of aromatic nitrogens is 3. The second-order valence-corrected chi connectivity index (χ2v) is 5.66. The molecule has 0 spiro atoms. The van der Waals surface area contributed by atoms with Crippen molar-refractivity contribution < 1.29 is 14.6 Å². The smallest absolute Gasteiger partial charge is 0.337 e. The zero-order valence-electron chi connectivity index (χ0n) is 11.3. The summed E-state index contributed by atoms with van der Waals surface area (Å²) in [4.78, 5) is 25.2. The van der Waals surface area contributed by atoms with Crippen molar-refractivity contribution in [3.63, 3.8) is 0 Å². The Morgan fingerprint density at radius 2 is 2.10 bits per heavy atom. The molecule has 7 heteroatoms. The van der Waals surface area contributed by atoms with Crippen LogP contribution in [-0.4, -0.2) is 26.0 Å². The summed E-state index contributed by atoms with van der Waals surface area (Å²) in [6, 6.07) is 1.41. The minimum atomic E-state index is -1.05. The van der Waals surface area contributed by atoms with E-state index in [0.29, 0.717) is 11.6 Å². The van der Waals surface area contributed by atoms with Gasteiger partial charge in [-0.25, -0.2) is 14.8 Å². The van der Waals surface area contributed by atoms with Gasteiger partial charge in [-0.15, -0.1) is 11.3 Å². The molecule has 0 aliphatic rings. The predicted molar refractivity (Wildman–Crippen MR) is 78.2 cm³/mol. The van der Waals surface area contributed by atoms with Gasteiger partial charge < -0.3 is 9.84 Å². The average molecular weight is 301 g/mol. The van der Waals surface area contributed by atoms with Gasteiger partial charge in [0.1, 0.15) is 16.9 Å². The Kier molecular flexibility index (Phi) is 3.26. The Balaban J connectivity index is 2.06. The normalized spacial score (nSPS) is 10.8. The zero-order valence-corrected chi connectivity index (χ0v) is 12.1. The SMILES string of the molecule is Cc1sc2ncnc(Oc3cncc(C(=O)O)c3)c2c1C. The van der Waals surface area contributed by atoms with Gasteiger partial charge in [0.05, 0.1) is 17.1 Å². The van der Waals surface area contributed by atoms with E-state index < -0.39 is 5.97 Å². The zero-order chi connectivity index (χ0) is 15.0. The first-order valence-electron chi connectivity index (χ1n) is 6.13. The number of pyridine rings is 1. The fraction of sp³-hybridized carbons (Fsp3) is 0.143. The number of rotatable bonds is 3. The first-order chi connectivity index (χ1) is 10.1. The van der Waals surface area contributed by atoms with Crippen molar-refractivity contribution in [2.24, 2.45) is 0 Å². The van der Waals surface area contributed by atoms with Crippen molar-refractivity contribution in [3.05, 3.63) is 40.8 Å². The van der Waals surface area contributed by atoms with Gasteiger partial charge in [0, 0.05) is 11.1 Å². The van der Waals surface area contributed by atoms with Crippen molar-refractivity contribution in [1.82, 2.24) is 15.0 Å². The molecule has 0 bridgehead atoms. The monoisotopic (exact) mass is 301 g/mol. The van der Waals surface area contributed by atoms with Crippen LogP contribution in [0.3, 0.4) is 0 Å². The maximum atomic E-state index is 11.0. The largest absolute Gasteiger partial charge is 0.478 e. The van der Waals surface area contributed by atoms with Crippen molar-refractivity contribution in [3.8, 4) is 11.6 Å². The molecule has 0 aliphatic heterocycles. The van der Waals surface area contributed by atoms with Crippen LogP contribution in [0.4, 0.5) is 0 Å². The number of carboxylic acid groups (broad SMARTS) is 1. The Morgan fingerprint density at radius 3 is 2.86 bits per heavy atom. The van der Waals surface area contributed by atoms with E-state index in [-0.39, 0.29) is 5.56 Å². The lowest BCUT2D eigenvalue weighted by molar-refractivity contribution is 0.0696. The number of nitrogens with zero attached hydrogens (tertiary/aromatic N) is 3. The molecule has 0 amide bonds. The van der Waals surface area contributed by atoms with E-state index in [4.69, 9.17) is 9.84 Å². The Labute approximate surface area is 124 Å². The van der Waals surface area contributed by atoms with Gasteiger partial charge in [-0.2, -0.15) is 0 Å². The molecule has 6 nitrogen and oxygen atoms in total. The molecule has 0 atom stereocenters. The molecule has 0 fully saturated rings. The molecule has 3 heterocycles. The highest BCUT2D eigenvalue weighted by molar-refractivity contribution is 7.18. The summed E-state index contributed by atoms with van der Waals surface area (Å²) >= 11 is 1.57. The first kappa shape index (κ1) is 13.4. The molecule has 106 valence electrons. The maximum Gasteiger partial charge on any atom is 0.337 e. The van der Waals surface area contributed by atoms with Gasteiger partial charge in [0.25, 0.3) is 0 Å². The third-order valence-corrected chi connectivity index (χ3v) is 4.22. The molecule has 0 radical (unpaired) electrons. The van der Waals surface area contributed by atoms with E-state index >= 15 is 0 Å². The van der Waals surface area contributed by atoms with E-state index in [1.54, 1.807) is 11.3 Å². The van der Waals surface area contributed by atoms with Crippen LogP contribution in [0.25, 0.3) is 10.2 Å². The lowest BCUT2D eigenvalue weighted by Gasteiger charge is -2.06. The van der Waals surface area contributed by atoms with Gasteiger partial charge in [-0.1, -0.05) is 0 Å². The second-order valence-electron chi connectivity index (χ2n) is 4.46. The van der Waals surface area contributed by atoms with Crippen molar-refractivity contribution in [2.45, 2.75) is 13.8 Å². The van der Waals surface area contributed by atoms with Crippen LogP contribution in [0.15, 0.2) is 24.8 Å². The highest BCUT2D eigenvalue weighted by atomic mass is 32.1. The second kappa shape index (κ2) is 5.10. The minimum absolute atomic E-state index is 0.0658. The van der Waals surface area contributed by atoms with Crippen LogP contribution < -0.4 is 4.74 Å². The fourth-order valence-corrected chi connectivity index (χ4v) is 2.92.